The van der Waals surface area contributed by atoms with E-state index in [1.807, 2.05) is 0 Å². The molecule has 0 unspecified atom stereocenters. The van der Waals surface area contributed by atoms with E-state index in [0.717, 1.165) is 28.4 Å². The first-order chi connectivity index (χ1) is 20.2. The van der Waals surface area contributed by atoms with Gasteiger partial charge in [-0.1, -0.05) is 0 Å². The van der Waals surface area contributed by atoms with E-state index >= 15 is 0 Å². The Kier molecular flexibility index (Phi) is 14.0. The van der Waals surface area contributed by atoms with Crippen LogP contribution in [-0.4, -0.2) is 71.9 Å². The second-order valence-corrected chi connectivity index (χ2v) is 14.6. The molecule has 14 nitrogen and oxygen atoms in total. The van der Waals surface area contributed by atoms with E-state index in [-0.39, 0.29) is 33.4 Å². The summed E-state index contributed by atoms with van der Waals surface area (Å²) in [5, 5.41) is -4.19. The van der Waals surface area contributed by atoms with Crippen molar-refractivity contribution in [2.24, 2.45) is 0 Å². The van der Waals surface area contributed by atoms with Crippen LogP contribution in [-0.2, 0) is 57.6 Å². The van der Waals surface area contributed by atoms with Gasteiger partial charge in [-0.25, -0.2) is 0 Å². The summed E-state index contributed by atoms with van der Waals surface area (Å²) < 4.78 is 45.7. The molecular formula is C28H44O14P2. The van der Waals surface area contributed by atoms with Gasteiger partial charge in [-0.05, 0) is 86.8 Å². The fraction of sp³-hybridized carbons (Fsp3) is 0.643. The first-order valence-corrected chi connectivity index (χ1v) is 16.9. The average molecular weight is 667 g/mol. The van der Waals surface area contributed by atoms with Gasteiger partial charge in [0, 0.05) is 25.7 Å². The molecule has 0 aliphatic heterocycles. The maximum absolute atomic E-state index is 13.4. The van der Waals surface area contributed by atoms with Crippen LogP contribution in [0, 0.1) is 27.7 Å². The standard InChI is InChI=1S/C28H44O14P2/c1-17-18(2)26(28(44(36,37)38,15-11-23(31)41-7)16-12-24(32)42-8)20(4)19(3)25(17)27(43(33,34)35,13-9-21(29)39-5)14-10-22(30)40-6/h9-16H2,1-8H3,(H2,33,34,35)(H2,36,37,38). The van der Waals surface area contributed by atoms with E-state index in [1.54, 1.807) is 0 Å². The van der Waals surface area contributed by atoms with E-state index in [4.69, 9.17) is 18.9 Å². The number of hydrogen-bond acceptors (Lipinski definition) is 10. The highest BCUT2D eigenvalue weighted by atomic mass is 31.2. The lowest BCUT2D eigenvalue weighted by Crippen LogP contribution is -2.35. The normalized spacial score (nSPS) is 12.5. The molecule has 0 fully saturated rings. The Hall–Kier alpha value is -2.60. The maximum Gasteiger partial charge on any atom is 0.336 e. The van der Waals surface area contributed by atoms with Gasteiger partial charge in [0.1, 0.15) is 0 Å². The molecule has 4 N–H and O–H groups in total. The highest BCUT2D eigenvalue weighted by molar-refractivity contribution is 7.53. The molecule has 0 radical (unpaired) electrons. The summed E-state index contributed by atoms with van der Waals surface area (Å²) in [6.07, 6.45) is -3.33. The average Bonchev–Trinajstić information content (AvgIpc) is 2.95. The van der Waals surface area contributed by atoms with E-state index in [0.29, 0.717) is 0 Å². The summed E-state index contributed by atoms with van der Waals surface area (Å²) in [6.45, 7) is 6.08. The fourth-order valence-electron chi connectivity index (χ4n) is 5.98. The maximum atomic E-state index is 13.4. The SMILES string of the molecule is COC(=O)CCC(CCC(=O)OC)(c1c(C)c(C)c(C(CCC(=O)OC)(CCC(=O)OC)P(=O)(O)O)c(C)c1C)P(=O)(O)O. The lowest BCUT2D eigenvalue weighted by Gasteiger charge is -2.42. The number of rotatable bonds is 16. The van der Waals surface area contributed by atoms with E-state index < -0.39 is 101 Å². The number of carbonyl (C=O) groups excluding carboxylic acids is 4. The van der Waals surface area contributed by atoms with Gasteiger partial charge in [0.2, 0.25) is 0 Å². The number of carbonyl (C=O) groups is 4. The summed E-state index contributed by atoms with van der Waals surface area (Å²) in [6, 6.07) is 0. The summed E-state index contributed by atoms with van der Waals surface area (Å²) in [5.74, 6) is -2.97. The van der Waals surface area contributed by atoms with Gasteiger partial charge in [-0.2, -0.15) is 0 Å². The Morgan fingerprint density at radius 1 is 0.500 bits per heavy atom. The van der Waals surface area contributed by atoms with E-state index in [1.165, 1.54) is 27.7 Å². The highest BCUT2D eigenvalue weighted by Gasteiger charge is 2.54. The van der Waals surface area contributed by atoms with Crippen molar-refractivity contribution in [3.63, 3.8) is 0 Å². The Morgan fingerprint density at radius 2 is 0.682 bits per heavy atom. The molecular weight excluding hydrogens is 622 g/mol. The third kappa shape index (κ3) is 8.35. The molecule has 0 aliphatic rings. The van der Waals surface area contributed by atoms with Crippen molar-refractivity contribution in [1.29, 1.82) is 0 Å². The zero-order chi connectivity index (χ0) is 34.3. The van der Waals surface area contributed by atoms with Crippen molar-refractivity contribution in [3.05, 3.63) is 33.4 Å². The second-order valence-electron chi connectivity index (χ2n) is 10.7. The van der Waals surface area contributed by atoms with Gasteiger partial charge < -0.3 is 38.5 Å². The fourth-order valence-corrected chi connectivity index (χ4v) is 8.84. The first-order valence-electron chi connectivity index (χ1n) is 13.7. The van der Waals surface area contributed by atoms with Gasteiger partial charge in [0.15, 0.2) is 0 Å². The first kappa shape index (κ1) is 39.4. The molecule has 0 spiro atoms. The van der Waals surface area contributed by atoms with Gasteiger partial charge in [-0.15, -0.1) is 0 Å². The summed E-state index contributed by atoms with van der Waals surface area (Å²) in [4.78, 5) is 92.2. The third-order valence-electron chi connectivity index (χ3n) is 8.55. The lowest BCUT2D eigenvalue weighted by atomic mass is 9.74. The number of ether oxygens (including phenoxy) is 4. The molecule has 0 bridgehead atoms. The van der Waals surface area contributed by atoms with Crippen molar-refractivity contribution >= 4 is 39.1 Å². The number of benzene rings is 1. The molecule has 0 saturated carbocycles. The topological polar surface area (TPSA) is 220 Å². The Balaban J connectivity index is 4.32. The zero-order valence-electron chi connectivity index (χ0n) is 26.4. The van der Waals surface area contributed by atoms with E-state index in [9.17, 15) is 47.9 Å². The van der Waals surface area contributed by atoms with Crippen LogP contribution in [0.1, 0.15) is 84.7 Å². The molecule has 0 aromatic heterocycles. The smallest absolute Gasteiger partial charge is 0.336 e. The Labute approximate surface area is 257 Å². The van der Waals surface area contributed by atoms with Gasteiger partial charge >= 0.3 is 39.1 Å². The van der Waals surface area contributed by atoms with Crippen molar-refractivity contribution in [1.82, 2.24) is 0 Å². The van der Waals surface area contributed by atoms with Crippen molar-refractivity contribution in [2.75, 3.05) is 28.4 Å². The minimum Gasteiger partial charge on any atom is -0.469 e. The van der Waals surface area contributed by atoms with Crippen LogP contribution >= 0.6 is 15.2 Å². The monoisotopic (exact) mass is 666 g/mol. The highest BCUT2D eigenvalue weighted by Crippen LogP contribution is 2.67. The summed E-state index contributed by atoms with van der Waals surface area (Å²) in [5.41, 5.74) is 1.20. The van der Waals surface area contributed by atoms with Crippen LogP contribution in [0.3, 0.4) is 0 Å². The quantitative estimate of drug-likeness (QED) is 0.113. The van der Waals surface area contributed by atoms with Crippen LogP contribution < -0.4 is 0 Å². The van der Waals surface area contributed by atoms with Crippen molar-refractivity contribution in [2.45, 2.75) is 89.4 Å². The number of hydrogen-bond donors (Lipinski definition) is 4. The van der Waals surface area contributed by atoms with Crippen LogP contribution in [0.15, 0.2) is 0 Å². The predicted molar refractivity (Wildman–Crippen MR) is 158 cm³/mol. The predicted octanol–water partition coefficient (Wildman–Crippen LogP) is 3.48. The largest absolute Gasteiger partial charge is 0.469 e. The molecule has 0 heterocycles. The van der Waals surface area contributed by atoms with Crippen LogP contribution in [0.5, 0.6) is 0 Å². The van der Waals surface area contributed by atoms with Crippen molar-refractivity contribution in [3.8, 4) is 0 Å². The molecule has 0 atom stereocenters. The molecule has 250 valence electrons. The Morgan fingerprint density at radius 3 is 0.818 bits per heavy atom. The molecule has 0 saturated heterocycles. The molecule has 1 aromatic rings. The molecule has 0 amide bonds. The van der Waals surface area contributed by atoms with Crippen molar-refractivity contribution < 1.29 is 66.8 Å². The molecule has 1 rings (SSSR count). The van der Waals surface area contributed by atoms with Crippen LogP contribution in [0.2, 0.25) is 0 Å². The van der Waals surface area contributed by atoms with Gasteiger partial charge in [-0.3, -0.25) is 28.3 Å². The van der Waals surface area contributed by atoms with Crippen LogP contribution in [0.25, 0.3) is 0 Å². The molecule has 1 aromatic carbocycles. The Bertz CT molecular complexity index is 1170. The van der Waals surface area contributed by atoms with E-state index in [2.05, 4.69) is 0 Å². The van der Waals surface area contributed by atoms with Gasteiger partial charge in [0.05, 0.1) is 38.8 Å². The van der Waals surface area contributed by atoms with Gasteiger partial charge in [0.25, 0.3) is 0 Å². The summed E-state index contributed by atoms with van der Waals surface area (Å²) in [7, 11) is -5.89. The second kappa shape index (κ2) is 15.6. The molecule has 0 aliphatic carbocycles. The number of methoxy groups -OCH3 is 4. The third-order valence-corrected chi connectivity index (χ3v) is 12.1. The minimum atomic E-state index is -5.20. The van der Waals surface area contributed by atoms with Crippen LogP contribution in [0.4, 0.5) is 0 Å². The molecule has 16 heteroatoms. The minimum absolute atomic E-state index is 0.109. The summed E-state index contributed by atoms with van der Waals surface area (Å²) >= 11 is 0. The number of esters is 4. The zero-order valence-corrected chi connectivity index (χ0v) is 28.2. The lowest BCUT2D eigenvalue weighted by molar-refractivity contribution is -0.142. The molecule has 44 heavy (non-hydrogen) atoms.